The van der Waals surface area contributed by atoms with E-state index in [-0.39, 0.29) is 11.9 Å². The van der Waals surface area contributed by atoms with Crippen LogP contribution in [0.2, 0.25) is 0 Å². The fourth-order valence-corrected chi connectivity index (χ4v) is 2.30. The predicted octanol–water partition coefficient (Wildman–Crippen LogP) is 0.960. The van der Waals surface area contributed by atoms with Crippen LogP contribution in [-0.2, 0) is 4.79 Å². The molecule has 3 heteroatoms. The minimum atomic E-state index is -0.212. The molecule has 3 nitrogen and oxygen atoms in total. The molecule has 0 saturated carbocycles. The lowest BCUT2D eigenvalue weighted by Gasteiger charge is -2.14. The molecule has 0 aliphatic carbocycles. The minimum Gasteiger partial charge on any atom is -0.368 e. The van der Waals surface area contributed by atoms with E-state index in [1.807, 2.05) is 30.1 Å². The van der Waals surface area contributed by atoms with Crippen molar-refractivity contribution in [1.29, 1.82) is 0 Å². The van der Waals surface area contributed by atoms with Gasteiger partial charge in [0, 0.05) is 6.54 Å². The number of primary amides is 1. The fourth-order valence-electron chi connectivity index (χ4n) is 2.30. The third-order valence-corrected chi connectivity index (χ3v) is 3.15. The smallest absolute Gasteiger partial charge is 0.234 e. The average Bonchev–Trinajstić information content (AvgIpc) is 2.62. The predicted molar refractivity (Wildman–Crippen MR) is 59.4 cm³/mol. The standard InChI is InChI=1S/C12H16N2O/c1-14-8-10(7-11(14)12(13)15)9-5-3-2-4-6-9/h2-6,10-11H,7-8H2,1H3,(H2,13,15). The second-order valence-corrected chi connectivity index (χ2v) is 4.20. The lowest BCUT2D eigenvalue weighted by Crippen LogP contribution is -2.37. The maximum Gasteiger partial charge on any atom is 0.234 e. The van der Waals surface area contributed by atoms with Crippen molar-refractivity contribution < 1.29 is 4.79 Å². The summed E-state index contributed by atoms with van der Waals surface area (Å²) in [6.07, 6.45) is 0.843. The molecule has 0 bridgehead atoms. The van der Waals surface area contributed by atoms with Gasteiger partial charge in [0.15, 0.2) is 0 Å². The summed E-state index contributed by atoms with van der Waals surface area (Å²) in [6.45, 7) is 0.914. The molecule has 2 rings (SSSR count). The van der Waals surface area contributed by atoms with Gasteiger partial charge >= 0.3 is 0 Å². The van der Waals surface area contributed by atoms with Gasteiger partial charge < -0.3 is 5.73 Å². The summed E-state index contributed by atoms with van der Waals surface area (Å²) < 4.78 is 0. The summed E-state index contributed by atoms with van der Waals surface area (Å²) in [7, 11) is 1.96. The molecule has 1 aliphatic rings. The molecule has 1 fully saturated rings. The van der Waals surface area contributed by atoms with Crippen LogP contribution in [-0.4, -0.2) is 30.4 Å². The van der Waals surface area contributed by atoms with Gasteiger partial charge in [-0.25, -0.2) is 0 Å². The number of hydrogen-bond acceptors (Lipinski definition) is 2. The first-order valence-corrected chi connectivity index (χ1v) is 5.23. The van der Waals surface area contributed by atoms with Crippen molar-refractivity contribution in [2.75, 3.05) is 13.6 Å². The van der Waals surface area contributed by atoms with Gasteiger partial charge in [-0.15, -0.1) is 0 Å². The second-order valence-electron chi connectivity index (χ2n) is 4.20. The molecule has 1 saturated heterocycles. The summed E-state index contributed by atoms with van der Waals surface area (Å²) in [6, 6.07) is 10.2. The Balaban J connectivity index is 2.13. The maximum absolute atomic E-state index is 11.2. The Morgan fingerprint density at radius 3 is 2.60 bits per heavy atom. The molecular weight excluding hydrogens is 188 g/mol. The van der Waals surface area contributed by atoms with Gasteiger partial charge in [-0.1, -0.05) is 30.3 Å². The zero-order valence-electron chi connectivity index (χ0n) is 8.89. The summed E-state index contributed by atoms with van der Waals surface area (Å²) in [5.74, 6) is 0.227. The molecule has 1 amide bonds. The number of carbonyl (C=O) groups is 1. The van der Waals surface area contributed by atoms with Crippen molar-refractivity contribution in [1.82, 2.24) is 4.90 Å². The summed E-state index contributed by atoms with van der Waals surface area (Å²) in [4.78, 5) is 13.2. The van der Waals surface area contributed by atoms with Crippen molar-refractivity contribution in [3.05, 3.63) is 35.9 Å². The second kappa shape index (κ2) is 4.03. The molecule has 2 unspecified atom stereocenters. The lowest BCUT2D eigenvalue weighted by molar-refractivity contribution is -0.121. The SMILES string of the molecule is CN1CC(c2ccccc2)CC1C(N)=O. The quantitative estimate of drug-likeness (QED) is 0.780. The Morgan fingerprint density at radius 1 is 1.40 bits per heavy atom. The Labute approximate surface area is 89.9 Å². The number of likely N-dealkylation sites (N-methyl/N-ethyl adjacent to an activating group) is 1. The van der Waals surface area contributed by atoms with Crippen LogP contribution >= 0.6 is 0 Å². The highest BCUT2D eigenvalue weighted by Crippen LogP contribution is 2.30. The van der Waals surface area contributed by atoms with Crippen LogP contribution in [0.5, 0.6) is 0 Å². The van der Waals surface area contributed by atoms with Crippen LogP contribution in [0.1, 0.15) is 17.9 Å². The van der Waals surface area contributed by atoms with Crippen molar-refractivity contribution in [2.45, 2.75) is 18.4 Å². The third-order valence-electron chi connectivity index (χ3n) is 3.15. The number of nitrogens with zero attached hydrogens (tertiary/aromatic N) is 1. The summed E-state index contributed by atoms with van der Waals surface area (Å²) in [5.41, 5.74) is 6.65. The molecule has 15 heavy (non-hydrogen) atoms. The molecule has 0 radical (unpaired) electrons. The van der Waals surface area contributed by atoms with Crippen LogP contribution in [0.4, 0.5) is 0 Å². The number of amides is 1. The number of benzene rings is 1. The van der Waals surface area contributed by atoms with Gasteiger partial charge in [0.05, 0.1) is 6.04 Å². The largest absolute Gasteiger partial charge is 0.368 e. The Kier molecular flexibility index (Phi) is 2.73. The van der Waals surface area contributed by atoms with Gasteiger partial charge in [0.1, 0.15) is 0 Å². The van der Waals surface area contributed by atoms with Crippen molar-refractivity contribution in [3.8, 4) is 0 Å². The number of carbonyl (C=O) groups excluding carboxylic acids is 1. The van der Waals surface area contributed by atoms with Crippen LogP contribution in [0.25, 0.3) is 0 Å². The molecule has 0 spiro atoms. The molecule has 2 atom stereocenters. The molecule has 1 aromatic rings. The molecule has 2 N–H and O–H groups in total. The first-order valence-electron chi connectivity index (χ1n) is 5.23. The normalized spacial score (nSPS) is 26.7. The number of hydrogen-bond donors (Lipinski definition) is 1. The van der Waals surface area contributed by atoms with Crippen LogP contribution in [0.3, 0.4) is 0 Å². The number of rotatable bonds is 2. The van der Waals surface area contributed by atoms with Crippen molar-refractivity contribution in [3.63, 3.8) is 0 Å². The lowest BCUT2D eigenvalue weighted by atomic mass is 9.96. The molecular formula is C12H16N2O. The van der Waals surface area contributed by atoms with Gasteiger partial charge in [0.2, 0.25) is 5.91 Å². The highest BCUT2D eigenvalue weighted by molar-refractivity contribution is 5.80. The van der Waals surface area contributed by atoms with Gasteiger partial charge in [-0.3, -0.25) is 9.69 Å². The molecule has 1 aromatic carbocycles. The molecule has 1 heterocycles. The zero-order chi connectivity index (χ0) is 10.8. The van der Waals surface area contributed by atoms with E-state index in [1.54, 1.807) is 0 Å². The maximum atomic E-state index is 11.2. The monoisotopic (exact) mass is 204 g/mol. The highest BCUT2D eigenvalue weighted by atomic mass is 16.1. The highest BCUT2D eigenvalue weighted by Gasteiger charge is 2.33. The van der Waals surface area contributed by atoms with Crippen molar-refractivity contribution in [2.24, 2.45) is 5.73 Å². The van der Waals surface area contributed by atoms with Gasteiger partial charge in [-0.2, -0.15) is 0 Å². The van der Waals surface area contributed by atoms with Crippen LogP contribution < -0.4 is 5.73 Å². The fraction of sp³-hybridized carbons (Fsp3) is 0.417. The van der Waals surface area contributed by atoms with Gasteiger partial charge in [0.25, 0.3) is 0 Å². The van der Waals surface area contributed by atoms with Crippen LogP contribution in [0, 0.1) is 0 Å². The topological polar surface area (TPSA) is 46.3 Å². The van der Waals surface area contributed by atoms with Crippen LogP contribution in [0.15, 0.2) is 30.3 Å². The first-order chi connectivity index (χ1) is 7.18. The Morgan fingerprint density at radius 2 is 2.07 bits per heavy atom. The van der Waals surface area contributed by atoms with E-state index >= 15 is 0 Å². The summed E-state index contributed by atoms with van der Waals surface area (Å²) in [5, 5.41) is 0. The van der Waals surface area contributed by atoms with E-state index < -0.39 is 0 Å². The Hall–Kier alpha value is -1.35. The number of likely N-dealkylation sites (tertiary alicyclic amines) is 1. The van der Waals surface area contributed by atoms with E-state index in [1.165, 1.54) is 5.56 Å². The minimum absolute atomic E-state index is 0.102. The van der Waals surface area contributed by atoms with E-state index in [0.29, 0.717) is 5.92 Å². The summed E-state index contributed by atoms with van der Waals surface area (Å²) >= 11 is 0. The zero-order valence-corrected chi connectivity index (χ0v) is 8.89. The molecule has 80 valence electrons. The van der Waals surface area contributed by atoms with Gasteiger partial charge in [-0.05, 0) is 24.9 Å². The molecule has 1 aliphatic heterocycles. The number of nitrogens with two attached hydrogens (primary N) is 1. The molecule has 0 aromatic heterocycles. The van der Waals surface area contributed by atoms with E-state index in [4.69, 9.17) is 5.73 Å². The first kappa shape index (κ1) is 10.2. The van der Waals surface area contributed by atoms with Crippen molar-refractivity contribution >= 4 is 5.91 Å². The third kappa shape index (κ3) is 2.02. The average molecular weight is 204 g/mol. The van der Waals surface area contributed by atoms with E-state index in [2.05, 4.69) is 12.1 Å². The van der Waals surface area contributed by atoms with E-state index in [9.17, 15) is 4.79 Å². The van der Waals surface area contributed by atoms with E-state index in [0.717, 1.165) is 13.0 Å². The Bertz CT molecular complexity index is 350.